The Morgan fingerprint density at radius 3 is 2.42 bits per heavy atom. The van der Waals surface area contributed by atoms with E-state index in [1.165, 1.54) is 24.8 Å². The molecule has 2 unspecified atom stereocenters. The zero-order valence-corrected chi connectivity index (χ0v) is 15.4. The second kappa shape index (κ2) is 5.94. The van der Waals surface area contributed by atoms with E-state index in [-0.39, 0.29) is 22.6 Å². The minimum atomic E-state index is -0.475. The highest BCUT2D eigenvalue weighted by molar-refractivity contribution is 5.87. The number of ether oxygens (including phenoxy) is 1. The molecule has 5 atom stereocenters. The lowest BCUT2D eigenvalue weighted by atomic mass is 9.43. The van der Waals surface area contributed by atoms with Gasteiger partial charge in [0, 0.05) is 6.42 Å². The molecule has 0 spiro atoms. The smallest absolute Gasteiger partial charge is 0.312 e. The van der Waals surface area contributed by atoms with Crippen LogP contribution >= 0.6 is 0 Å². The third kappa shape index (κ3) is 2.54. The molecule has 1 aromatic carbocycles. The fourth-order valence-electron chi connectivity index (χ4n) is 6.96. The Bertz CT molecular complexity index is 708. The average molecular weight is 352 g/mol. The minimum Gasteiger partial charge on any atom is -0.454 e. The lowest BCUT2D eigenvalue weighted by Crippen LogP contribution is -2.57. The Labute approximate surface area is 155 Å². The lowest BCUT2D eigenvalue weighted by Gasteiger charge is -2.61. The van der Waals surface area contributed by atoms with Gasteiger partial charge in [-0.15, -0.1) is 0 Å². The second-order valence-electron chi connectivity index (χ2n) is 9.49. The van der Waals surface area contributed by atoms with E-state index in [0.717, 1.165) is 38.5 Å². The van der Waals surface area contributed by atoms with Gasteiger partial charge < -0.3 is 4.74 Å². The van der Waals surface area contributed by atoms with Gasteiger partial charge in [-0.25, -0.2) is 0 Å². The molecule has 0 aliphatic heterocycles. The molecule has 4 bridgehead atoms. The van der Waals surface area contributed by atoms with Crippen LogP contribution in [0.3, 0.4) is 0 Å². The summed E-state index contributed by atoms with van der Waals surface area (Å²) in [6.07, 6.45) is 9.31. The number of carbonyl (C=O) groups is 2. The summed E-state index contributed by atoms with van der Waals surface area (Å²) in [5.41, 5.74) is 1.19. The van der Waals surface area contributed by atoms with Crippen LogP contribution in [0.2, 0.25) is 0 Å². The van der Waals surface area contributed by atoms with Gasteiger partial charge in [0.15, 0.2) is 11.9 Å². The van der Waals surface area contributed by atoms with Crippen molar-refractivity contribution in [2.75, 3.05) is 0 Å². The van der Waals surface area contributed by atoms with E-state index in [1.54, 1.807) is 0 Å². The van der Waals surface area contributed by atoms with E-state index >= 15 is 0 Å². The summed E-state index contributed by atoms with van der Waals surface area (Å²) in [4.78, 5) is 25.5. The van der Waals surface area contributed by atoms with Gasteiger partial charge in [0.2, 0.25) is 0 Å². The van der Waals surface area contributed by atoms with Gasteiger partial charge in [0.25, 0.3) is 0 Å². The Morgan fingerprint density at radius 1 is 1.00 bits per heavy atom. The zero-order chi connectivity index (χ0) is 17.8. The number of ketones is 1. The first-order chi connectivity index (χ1) is 12.6. The van der Waals surface area contributed by atoms with Crippen molar-refractivity contribution in [3.63, 3.8) is 0 Å². The molecule has 0 aromatic heterocycles. The van der Waals surface area contributed by atoms with Crippen molar-refractivity contribution in [1.29, 1.82) is 0 Å². The van der Waals surface area contributed by atoms with Crippen LogP contribution in [0.5, 0.6) is 0 Å². The summed E-state index contributed by atoms with van der Waals surface area (Å²) in [6, 6.07) is 10.8. The van der Waals surface area contributed by atoms with Crippen LogP contribution in [-0.2, 0) is 19.7 Å². The fraction of sp³-hybridized carbons (Fsp3) is 0.652. The van der Waals surface area contributed by atoms with Gasteiger partial charge in [-0.1, -0.05) is 30.3 Å². The third-order valence-corrected chi connectivity index (χ3v) is 7.63. The molecule has 5 aliphatic rings. The first-order valence-corrected chi connectivity index (χ1v) is 10.4. The van der Waals surface area contributed by atoms with Crippen molar-refractivity contribution in [1.82, 2.24) is 0 Å². The van der Waals surface area contributed by atoms with Crippen molar-refractivity contribution in [3.8, 4) is 0 Å². The molecule has 5 aliphatic carbocycles. The quantitative estimate of drug-likeness (QED) is 0.748. The molecule has 26 heavy (non-hydrogen) atoms. The first kappa shape index (κ1) is 16.5. The molecular weight excluding hydrogens is 324 g/mol. The van der Waals surface area contributed by atoms with Crippen molar-refractivity contribution in [2.45, 2.75) is 75.7 Å². The van der Waals surface area contributed by atoms with Gasteiger partial charge in [-0.2, -0.15) is 0 Å². The molecule has 5 fully saturated rings. The standard InChI is InChI=1S/C23H28O3/c24-19-8-4-5-9-20(19)26-21(25)23-13-16-10-17(14-23)12-22(11-16,15-23)18-6-2-1-3-7-18/h1-3,6-7,16-17,20H,4-5,8-15H2/t16-,17+,20-,22?,23?/m1/s1. The van der Waals surface area contributed by atoms with E-state index in [9.17, 15) is 9.59 Å². The highest BCUT2D eigenvalue weighted by atomic mass is 16.5. The maximum absolute atomic E-state index is 13.3. The maximum Gasteiger partial charge on any atom is 0.312 e. The Hall–Kier alpha value is -1.64. The summed E-state index contributed by atoms with van der Waals surface area (Å²) < 4.78 is 5.88. The average Bonchev–Trinajstić information content (AvgIpc) is 2.63. The van der Waals surface area contributed by atoms with Gasteiger partial charge in [0.05, 0.1) is 5.41 Å². The monoisotopic (exact) mass is 352 g/mol. The largest absolute Gasteiger partial charge is 0.454 e. The highest BCUT2D eigenvalue weighted by Gasteiger charge is 2.61. The van der Waals surface area contributed by atoms with E-state index < -0.39 is 6.10 Å². The zero-order valence-electron chi connectivity index (χ0n) is 15.4. The predicted molar refractivity (Wildman–Crippen MR) is 98.6 cm³/mol. The Kier molecular flexibility index (Phi) is 3.77. The van der Waals surface area contributed by atoms with Crippen LogP contribution in [0, 0.1) is 17.3 Å². The van der Waals surface area contributed by atoms with Crippen LogP contribution in [0.4, 0.5) is 0 Å². The first-order valence-electron chi connectivity index (χ1n) is 10.4. The molecule has 0 radical (unpaired) electrons. The van der Waals surface area contributed by atoms with Crippen molar-refractivity contribution in [2.24, 2.45) is 17.3 Å². The number of rotatable bonds is 3. The summed E-state index contributed by atoms with van der Waals surface area (Å²) in [7, 11) is 0. The van der Waals surface area contributed by atoms with Crippen LogP contribution < -0.4 is 0 Å². The predicted octanol–water partition coefficient (Wildman–Crippen LogP) is 4.58. The molecule has 0 N–H and O–H groups in total. The molecule has 5 saturated carbocycles. The maximum atomic E-state index is 13.3. The van der Waals surface area contributed by atoms with Gasteiger partial charge in [-0.3, -0.25) is 9.59 Å². The van der Waals surface area contributed by atoms with Crippen LogP contribution in [0.25, 0.3) is 0 Å². The number of carbonyl (C=O) groups excluding carboxylic acids is 2. The van der Waals surface area contributed by atoms with E-state index in [4.69, 9.17) is 4.74 Å². The summed E-state index contributed by atoms with van der Waals surface area (Å²) in [6.45, 7) is 0. The molecule has 0 saturated heterocycles. The molecule has 6 rings (SSSR count). The molecule has 0 amide bonds. The molecule has 0 heterocycles. The highest BCUT2D eigenvalue weighted by Crippen LogP contribution is 2.66. The number of Topliss-reactive ketones (excluding diaryl/α,β-unsaturated/α-hetero) is 1. The SMILES string of the molecule is O=C1CCCC[C@H]1OC(=O)C12C[C@H]3C[C@@H](C1)CC(c1ccccc1)(C3)C2. The molecule has 3 nitrogen and oxygen atoms in total. The summed E-state index contributed by atoms with van der Waals surface area (Å²) in [5.74, 6) is 1.33. The third-order valence-electron chi connectivity index (χ3n) is 7.63. The second-order valence-corrected chi connectivity index (χ2v) is 9.49. The van der Waals surface area contributed by atoms with Crippen LogP contribution in [-0.4, -0.2) is 17.9 Å². The molecule has 138 valence electrons. The Balaban J connectivity index is 1.43. The Morgan fingerprint density at radius 2 is 1.73 bits per heavy atom. The van der Waals surface area contributed by atoms with Crippen LogP contribution in [0.1, 0.15) is 69.8 Å². The fourth-order valence-corrected chi connectivity index (χ4v) is 6.96. The number of benzene rings is 1. The molecular formula is C23H28O3. The van der Waals surface area contributed by atoms with Crippen molar-refractivity contribution in [3.05, 3.63) is 35.9 Å². The van der Waals surface area contributed by atoms with Gasteiger partial charge >= 0.3 is 5.97 Å². The van der Waals surface area contributed by atoms with E-state index in [2.05, 4.69) is 30.3 Å². The lowest BCUT2D eigenvalue weighted by molar-refractivity contribution is -0.182. The van der Waals surface area contributed by atoms with E-state index in [0.29, 0.717) is 18.3 Å². The minimum absolute atomic E-state index is 0.0628. The van der Waals surface area contributed by atoms with Crippen molar-refractivity contribution >= 4 is 11.8 Å². The summed E-state index contributed by atoms with van der Waals surface area (Å²) in [5, 5.41) is 0. The molecule has 1 aromatic rings. The summed E-state index contributed by atoms with van der Waals surface area (Å²) >= 11 is 0. The number of esters is 1. The van der Waals surface area contributed by atoms with Crippen molar-refractivity contribution < 1.29 is 14.3 Å². The number of hydrogen-bond acceptors (Lipinski definition) is 3. The van der Waals surface area contributed by atoms with Gasteiger partial charge in [-0.05, 0) is 80.6 Å². The molecule has 3 heteroatoms. The normalized spacial score (nSPS) is 41.2. The number of hydrogen-bond donors (Lipinski definition) is 0. The van der Waals surface area contributed by atoms with Gasteiger partial charge in [0.1, 0.15) is 0 Å². The topological polar surface area (TPSA) is 43.4 Å². The van der Waals surface area contributed by atoms with E-state index in [1.807, 2.05) is 0 Å². The van der Waals surface area contributed by atoms with Crippen LogP contribution in [0.15, 0.2) is 30.3 Å².